The zero-order valence-electron chi connectivity index (χ0n) is 9.47. The summed E-state index contributed by atoms with van der Waals surface area (Å²) in [5.41, 5.74) is 0.542. The Bertz CT molecular complexity index is 361. The summed E-state index contributed by atoms with van der Waals surface area (Å²) in [6, 6.07) is 4.23. The topological polar surface area (TPSA) is 12.0 Å². The Labute approximate surface area is 94.9 Å². The predicted molar refractivity (Wildman–Crippen MR) is 60.0 cm³/mol. The summed E-state index contributed by atoms with van der Waals surface area (Å²) in [7, 11) is 0. The van der Waals surface area contributed by atoms with Crippen LogP contribution >= 0.6 is 0 Å². The third-order valence-electron chi connectivity index (χ3n) is 3.20. The second kappa shape index (κ2) is 4.91. The maximum atomic E-state index is 13.3. The molecule has 0 aliphatic heterocycles. The van der Waals surface area contributed by atoms with Crippen molar-refractivity contribution >= 4 is 0 Å². The first-order valence-electron chi connectivity index (χ1n) is 5.88. The Morgan fingerprint density at radius 1 is 1.38 bits per heavy atom. The summed E-state index contributed by atoms with van der Waals surface area (Å²) in [4.78, 5) is 0. The number of rotatable bonds is 5. The van der Waals surface area contributed by atoms with Gasteiger partial charge >= 0.3 is 0 Å². The van der Waals surface area contributed by atoms with Crippen LogP contribution in [0, 0.1) is 17.6 Å². The monoisotopic (exact) mass is 225 g/mol. The molecule has 1 aliphatic carbocycles. The number of nitrogens with one attached hydrogen (secondary N) is 1. The molecule has 1 N–H and O–H groups in total. The van der Waals surface area contributed by atoms with Crippen molar-refractivity contribution in [2.75, 3.05) is 0 Å². The molecule has 0 radical (unpaired) electrons. The third kappa shape index (κ3) is 2.79. The second-order valence-corrected chi connectivity index (χ2v) is 4.47. The smallest absolute Gasteiger partial charge is 0.130 e. The number of halogens is 2. The first-order valence-corrected chi connectivity index (χ1v) is 5.88. The van der Waals surface area contributed by atoms with Crippen molar-refractivity contribution in [1.82, 2.24) is 5.32 Å². The molecule has 0 aromatic heterocycles. The highest BCUT2D eigenvalue weighted by molar-refractivity contribution is 5.18. The molecule has 16 heavy (non-hydrogen) atoms. The molecule has 1 fully saturated rings. The van der Waals surface area contributed by atoms with Gasteiger partial charge in [-0.05, 0) is 31.2 Å². The van der Waals surface area contributed by atoms with Gasteiger partial charge in [-0.15, -0.1) is 0 Å². The highest BCUT2D eigenvalue weighted by Gasteiger charge is 2.29. The third-order valence-corrected chi connectivity index (χ3v) is 3.20. The molecule has 1 aromatic rings. The molecule has 1 saturated carbocycles. The van der Waals surface area contributed by atoms with Gasteiger partial charge in [-0.1, -0.05) is 13.0 Å². The van der Waals surface area contributed by atoms with Gasteiger partial charge in [0.15, 0.2) is 0 Å². The fourth-order valence-electron chi connectivity index (χ4n) is 2.05. The molecule has 88 valence electrons. The van der Waals surface area contributed by atoms with Crippen LogP contribution in [0.4, 0.5) is 8.78 Å². The normalized spacial score (nSPS) is 17.4. The molecular formula is C13H17F2N. The Morgan fingerprint density at radius 3 is 2.69 bits per heavy atom. The van der Waals surface area contributed by atoms with Crippen molar-refractivity contribution in [2.45, 2.75) is 38.8 Å². The first-order chi connectivity index (χ1) is 7.70. The maximum Gasteiger partial charge on any atom is 0.130 e. The summed E-state index contributed by atoms with van der Waals surface area (Å²) in [6.45, 7) is 2.62. The largest absolute Gasteiger partial charge is 0.310 e. The van der Waals surface area contributed by atoms with Crippen molar-refractivity contribution in [3.63, 3.8) is 0 Å². The van der Waals surface area contributed by atoms with Gasteiger partial charge in [0, 0.05) is 24.2 Å². The fourth-order valence-corrected chi connectivity index (χ4v) is 2.05. The predicted octanol–water partition coefficient (Wildman–Crippen LogP) is 3.24. The summed E-state index contributed by atoms with van der Waals surface area (Å²) in [6.07, 6.45) is 3.61. The minimum Gasteiger partial charge on any atom is -0.310 e. The molecule has 1 nitrogen and oxygen atoms in total. The molecule has 2 rings (SSSR count). The van der Waals surface area contributed by atoms with E-state index in [1.54, 1.807) is 0 Å². The lowest BCUT2D eigenvalue weighted by atomic mass is 10.1. The molecule has 1 atom stereocenters. The van der Waals surface area contributed by atoms with E-state index in [1.807, 2.05) is 0 Å². The van der Waals surface area contributed by atoms with Crippen molar-refractivity contribution in [2.24, 2.45) is 5.92 Å². The van der Waals surface area contributed by atoms with E-state index in [0.717, 1.165) is 18.4 Å². The lowest BCUT2D eigenvalue weighted by Gasteiger charge is -2.16. The van der Waals surface area contributed by atoms with Crippen molar-refractivity contribution < 1.29 is 8.78 Å². The van der Waals surface area contributed by atoms with Crippen LogP contribution in [0.1, 0.15) is 31.7 Å². The SMILES string of the molecule is CCC(NCc1ccc(F)cc1F)C1CC1. The highest BCUT2D eigenvalue weighted by atomic mass is 19.1. The lowest BCUT2D eigenvalue weighted by Crippen LogP contribution is -2.30. The summed E-state index contributed by atoms with van der Waals surface area (Å²) >= 11 is 0. The number of benzene rings is 1. The molecular weight excluding hydrogens is 208 g/mol. The minimum atomic E-state index is -0.518. The van der Waals surface area contributed by atoms with E-state index in [1.165, 1.54) is 25.0 Å². The highest BCUT2D eigenvalue weighted by Crippen LogP contribution is 2.34. The van der Waals surface area contributed by atoms with Crippen LogP contribution in [0.2, 0.25) is 0 Å². The molecule has 1 aliphatic rings. The van der Waals surface area contributed by atoms with Crippen LogP contribution in [0.25, 0.3) is 0 Å². The Morgan fingerprint density at radius 2 is 2.12 bits per heavy atom. The number of hydrogen-bond donors (Lipinski definition) is 1. The maximum absolute atomic E-state index is 13.3. The van der Waals surface area contributed by atoms with Crippen LogP contribution in [0.5, 0.6) is 0 Å². The standard InChI is InChI=1S/C13H17F2N/c1-2-13(9-3-4-9)16-8-10-5-6-11(14)7-12(10)15/h5-7,9,13,16H,2-4,8H2,1H3. The van der Waals surface area contributed by atoms with Gasteiger partial charge in [-0.3, -0.25) is 0 Å². The van der Waals surface area contributed by atoms with Crippen molar-refractivity contribution in [1.29, 1.82) is 0 Å². The zero-order valence-corrected chi connectivity index (χ0v) is 9.47. The molecule has 0 heterocycles. The fraction of sp³-hybridized carbons (Fsp3) is 0.538. The zero-order chi connectivity index (χ0) is 11.5. The molecule has 0 bridgehead atoms. The van der Waals surface area contributed by atoms with E-state index < -0.39 is 11.6 Å². The first kappa shape index (κ1) is 11.5. The van der Waals surface area contributed by atoms with Crippen molar-refractivity contribution in [3.8, 4) is 0 Å². The molecule has 1 aromatic carbocycles. The van der Waals surface area contributed by atoms with E-state index in [9.17, 15) is 8.78 Å². The summed E-state index contributed by atoms with van der Waals surface area (Å²) < 4.78 is 26.0. The molecule has 3 heteroatoms. The van der Waals surface area contributed by atoms with E-state index in [0.29, 0.717) is 18.2 Å². The average molecular weight is 225 g/mol. The van der Waals surface area contributed by atoms with Gasteiger partial charge in [-0.25, -0.2) is 8.78 Å². The van der Waals surface area contributed by atoms with Gasteiger partial charge in [0.25, 0.3) is 0 Å². The van der Waals surface area contributed by atoms with E-state index in [-0.39, 0.29) is 0 Å². The van der Waals surface area contributed by atoms with Crippen LogP contribution in [-0.4, -0.2) is 6.04 Å². The van der Waals surface area contributed by atoms with Crippen LogP contribution in [-0.2, 0) is 6.54 Å². The number of hydrogen-bond acceptors (Lipinski definition) is 1. The average Bonchev–Trinajstić information content (AvgIpc) is 3.06. The second-order valence-electron chi connectivity index (χ2n) is 4.47. The Kier molecular flexibility index (Phi) is 3.54. The van der Waals surface area contributed by atoms with Gasteiger partial charge in [0.05, 0.1) is 0 Å². The van der Waals surface area contributed by atoms with E-state index in [4.69, 9.17) is 0 Å². The van der Waals surface area contributed by atoms with Crippen LogP contribution < -0.4 is 5.32 Å². The lowest BCUT2D eigenvalue weighted by molar-refractivity contribution is 0.442. The summed E-state index contributed by atoms with van der Waals surface area (Å²) in [5.74, 6) is -0.220. The van der Waals surface area contributed by atoms with Gasteiger partial charge < -0.3 is 5.32 Å². The van der Waals surface area contributed by atoms with Gasteiger partial charge in [0.2, 0.25) is 0 Å². The van der Waals surface area contributed by atoms with Crippen molar-refractivity contribution in [3.05, 3.63) is 35.4 Å². The molecule has 0 saturated heterocycles. The van der Waals surface area contributed by atoms with Gasteiger partial charge in [-0.2, -0.15) is 0 Å². The Balaban J connectivity index is 1.92. The molecule has 0 amide bonds. The quantitative estimate of drug-likeness (QED) is 0.811. The van der Waals surface area contributed by atoms with Gasteiger partial charge in [0.1, 0.15) is 11.6 Å². The molecule has 0 spiro atoms. The van der Waals surface area contributed by atoms with Crippen LogP contribution in [0.15, 0.2) is 18.2 Å². The Hall–Kier alpha value is -0.960. The molecule has 1 unspecified atom stereocenters. The van der Waals surface area contributed by atoms with Crippen LogP contribution in [0.3, 0.4) is 0 Å². The van der Waals surface area contributed by atoms with E-state index in [2.05, 4.69) is 12.2 Å². The minimum absolute atomic E-state index is 0.460. The van der Waals surface area contributed by atoms with E-state index >= 15 is 0 Å². The summed E-state index contributed by atoms with van der Waals surface area (Å²) in [5, 5.41) is 3.35.